The maximum Gasteiger partial charge on any atom is 2.00 e. The zero-order valence-corrected chi connectivity index (χ0v) is 8.37. The molecule has 0 aliphatic heterocycles. The van der Waals surface area contributed by atoms with Crippen molar-refractivity contribution >= 4 is 54.7 Å². The molecule has 0 aromatic heterocycles. The molecule has 0 fully saturated rings. The maximum atomic E-state index is 8.52. The Hall–Kier alpha value is 1.62. The first-order valence-corrected chi connectivity index (χ1v) is 1.84. The van der Waals surface area contributed by atoms with Crippen LogP contribution in [0.15, 0.2) is 0 Å². The first-order valence-electron chi connectivity index (χ1n) is 0.612. The van der Waals surface area contributed by atoms with Crippen LogP contribution in [0.25, 0.3) is 0 Å². The van der Waals surface area contributed by atoms with Crippen LogP contribution in [0, 0.1) is 0 Å². The van der Waals surface area contributed by atoms with Crippen molar-refractivity contribution < 1.29 is 31.1 Å². The molecule has 6 heteroatoms. The van der Waals surface area contributed by atoms with Crippen LogP contribution in [0.2, 0.25) is 0 Å². The third-order valence-corrected chi connectivity index (χ3v) is 0. The second kappa shape index (κ2) is 9.79. The zero-order chi connectivity index (χ0) is 3.58. The zero-order valence-electron chi connectivity index (χ0n) is 2.79. The molecule has 0 radical (unpaired) electrons. The second-order valence-corrected chi connectivity index (χ2v) is 0.750. The maximum absolute atomic E-state index is 8.52. The summed E-state index contributed by atoms with van der Waals surface area (Å²) in [5, 5.41) is 0. The molecule has 0 saturated heterocycles. The molecule has 6 heavy (non-hydrogen) atoms. The molecule has 0 aliphatic rings. The van der Waals surface area contributed by atoms with Crippen LogP contribution in [0.4, 0.5) is 0 Å². The Morgan fingerprint density at radius 3 is 1.33 bits per heavy atom. The topological polar surface area (TPSA) is 63.2 Å². The van der Waals surface area contributed by atoms with Gasteiger partial charge in [-0.3, -0.25) is 0 Å². The van der Waals surface area contributed by atoms with Gasteiger partial charge in [0.25, 0.3) is 0 Å². The molecule has 0 saturated carbocycles. The first-order chi connectivity index (χ1) is 1.73. The van der Waals surface area contributed by atoms with Crippen LogP contribution in [0.1, 0.15) is 0 Å². The van der Waals surface area contributed by atoms with Crippen molar-refractivity contribution in [1.82, 2.24) is 0 Å². The van der Waals surface area contributed by atoms with Crippen molar-refractivity contribution in [3.63, 3.8) is 0 Å². The van der Waals surface area contributed by atoms with Crippen molar-refractivity contribution in [3.8, 4) is 0 Å². The Labute approximate surface area is 84.4 Å². The Bertz CT molecular complexity index is 33.8. The van der Waals surface area contributed by atoms with E-state index in [2.05, 4.69) is 0 Å². The van der Waals surface area contributed by atoms with E-state index in [4.69, 9.17) is 14.1 Å². The van der Waals surface area contributed by atoms with Crippen molar-refractivity contribution in [2.75, 3.05) is 0 Å². The standard InChI is InChI=1S/Fe.O3Si.Sr/c;1-4(2)3;/q+2;-2;+2. The van der Waals surface area contributed by atoms with Gasteiger partial charge in [-0.05, 0) is 0 Å². The summed E-state index contributed by atoms with van der Waals surface area (Å²) in [7, 11) is -3.63. The second-order valence-electron chi connectivity index (χ2n) is 0.250. The normalized spacial score (nSPS) is 4.00. The van der Waals surface area contributed by atoms with E-state index in [1.165, 1.54) is 0 Å². The van der Waals surface area contributed by atoms with Gasteiger partial charge in [0.1, 0.15) is 0 Å². The minimum Gasteiger partial charge on any atom is -0.672 e. The number of hydrogen-bond donors (Lipinski definition) is 0. The minimum atomic E-state index is -3.63. The summed E-state index contributed by atoms with van der Waals surface area (Å²) in [4.78, 5) is 17.0. The van der Waals surface area contributed by atoms with Crippen LogP contribution in [0.3, 0.4) is 0 Å². The van der Waals surface area contributed by atoms with E-state index in [9.17, 15) is 0 Å². The van der Waals surface area contributed by atoms with Crippen molar-refractivity contribution in [3.05, 3.63) is 0 Å². The van der Waals surface area contributed by atoms with E-state index < -0.39 is 9.17 Å². The molecular formula is FeO3SiSr+2. The van der Waals surface area contributed by atoms with Gasteiger partial charge in [-0.25, -0.2) is 0 Å². The summed E-state index contributed by atoms with van der Waals surface area (Å²) in [5.74, 6) is 0. The van der Waals surface area contributed by atoms with E-state index in [1.54, 1.807) is 0 Å². The summed E-state index contributed by atoms with van der Waals surface area (Å²) < 4.78 is 8.52. The molecule has 30 valence electrons. The monoisotopic (exact) mass is 220 g/mol. The largest absolute Gasteiger partial charge is 2.00 e. The average molecular weight is 220 g/mol. The van der Waals surface area contributed by atoms with Gasteiger partial charge in [0, 0.05) is 9.17 Å². The predicted molar refractivity (Wildman–Crippen MR) is 12.2 cm³/mol. The molecule has 0 atom stereocenters. The molecule has 0 spiro atoms. The van der Waals surface area contributed by atoms with Crippen LogP contribution < -0.4 is 9.59 Å². The van der Waals surface area contributed by atoms with Gasteiger partial charge >= 0.3 is 62.6 Å². The average Bonchev–Trinajstić information content (AvgIpc) is 0.811. The van der Waals surface area contributed by atoms with Crippen LogP contribution in [-0.4, -0.2) is 54.7 Å². The fraction of sp³-hybridized carbons (Fsp3) is 0. The molecule has 0 aromatic rings. The third-order valence-electron chi connectivity index (χ3n) is 0. The van der Waals surface area contributed by atoms with Gasteiger partial charge in [-0.1, -0.05) is 0 Å². The Morgan fingerprint density at radius 1 is 1.33 bits per heavy atom. The molecule has 0 heterocycles. The molecule has 0 aromatic carbocycles. The quantitative estimate of drug-likeness (QED) is 0.402. The Kier molecular flexibility index (Phi) is 25.5. The summed E-state index contributed by atoms with van der Waals surface area (Å²) in [6.45, 7) is 0. The minimum absolute atomic E-state index is 0. The van der Waals surface area contributed by atoms with E-state index in [0.717, 1.165) is 0 Å². The van der Waals surface area contributed by atoms with Gasteiger partial charge in [0.05, 0.1) is 0 Å². The summed E-state index contributed by atoms with van der Waals surface area (Å²) in [6, 6.07) is 0. The molecule has 0 rings (SSSR count). The van der Waals surface area contributed by atoms with Gasteiger partial charge in [-0.2, -0.15) is 0 Å². The predicted octanol–water partition coefficient (Wildman–Crippen LogP) is -3.26. The van der Waals surface area contributed by atoms with Crippen LogP contribution in [0.5, 0.6) is 0 Å². The SMILES string of the molecule is O=[Si]([O-])[O-].[Fe+2].[Sr+2]. The fourth-order valence-corrected chi connectivity index (χ4v) is 0. The van der Waals surface area contributed by atoms with Crippen molar-refractivity contribution in [2.24, 2.45) is 0 Å². The fourth-order valence-electron chi connectivity index (χ4n) is 0. The van der Waals surface area contributed by atoms with Crippen molar-refractivity contribution in [2.45, 2.75) is 0 Å². The van der Waals surface area contributed by atoms with Crippen LogP contribution in [-0.2, 0) is 21.5 Å². The smallest absolute Gasteiger partial charge is 0.672 e. The molecule has 0 aliphatic carbocycles. The summed E-state index contributed by atoms with van der Waals surface area (Å²) in [6.07, 6.45) is 0. The van der Waals surface area contributed by atoms with E-state index in [1.807, 2.05) is 0 Å². The first kappa shape index (κ1) is 15.6. The Balaban J connectivity index is -0.0000000450. The molecule has 0 unspecified atom stereocenters. The van der Waals surface area contributed by atoms with E-state index >= 15 is 0 Å². The molecular weight excluding hydrogens is 220 g/mol. The molecule has 0 bridgehead atoms. The van der Waals surface area contributed by atoms with E-state index in [-0.39, 0.29) is 62.6 Å². The molecule has 0 N–H and O–H groups in total. The van der Waals surface area contributed by atoms with E-state index in [0.29, 0.717) is 0 Å². The molecule has 0 amide bonds. The number of rotatable bonds is 0. The molecule has 3 nitrogen and oxygen atoms in total. The van der Waals surface area contributed by atoms with Gasteiger partial charge in [-0.15, -0.1) is 0 Å². The van der Waals surface area contributed by atoms with Crippen LogP contribution >= 0.6 is 0 Å². The van der Waals surface area contributed by atoms with Gasteiger partial charge < -0.3 is 14.1 Å². The van der Waals surface area contributed by atoms with Crippen molar-refractivity contribution in [1.29, 1.82) is 0 Å². The van der Waals surface area contributed by atoms with Gasteiger partial charge in [0.2, 0.25) is 0 Å². The Morgan fingerprint density at radius 2 is 1.33 bits per heavy atom. The summed E-state index contributed by atoms with van der Waals surface area (Å²) >= 11 is 0. The number of hydrogen-bond acceptors (Lipinski definition) is 3. The summed E-state index contributed by atoms with van der Waals surface area (Å²) in [5.41, 5.74) is 0. The third kappa shape index (κ3) is 45.8. The van der Waals surface area contributed by atoms with Gasteiger partial charge in [0.15, 0.2) is 0 Å².